The van der Waals surface area contributed by atoms with Crippen LogP contribution in [0.25, 0.3) is 0 Å². The lowest BCUT2D eigenvalue weighted by atomic mass is 9.71. The van der Waals surface area contributed by atoms with Crippen LogP contribution in [0.5, 0.6) is 0 Å². The Morgan fingerprint density at radius 2 is 2.10 bits per heavy atom. The van der Waals surface area contributed by atoms with Gasteiger partial charge in [-0.3, -0.25) is 0 Å². The van der Waals surface area contributed by atoms with Crippen LogP contribution in [0.2, 0.25) is 0 Å². The van der Waals surface area contributed by atoms with Crippen molar-refractivity contribution in [1.82, 2.24) is 0 Å². The third-order valence-corrected chi connectivity index (χ3v) is 4.34. The van der Waals surface area contributed by atoms with Crippen LogP contribution in [0.4, 0.5) is 8.78 Å². The first-order valence-electron chi connectivity index (χ1n) is 7.61. The minimum atomic E-state index is -0.389. The van der Waals surface area contributed by atoms with Crippen molar-refractivity contribution in [3.63, 3.8) is 0 Å². The minimum absolute atomic E-state index is 0.345. The molecule has 2 N–H and O–H groups in total. The van der Waals surface area contributed by atoms with E-state index in [-0.39, 0.29) is 17.2 Å². The number of halogens is 2. The Bertz CT molecular complexity index is 458. The molecule has 0 radical (unpaired) electrons. The van der Waals surface area contributed by atoms with Gasteiger partial charge in [0, 0.05) is 5.54 Å². The van der Waals surface area contributed by atoms with Gasteiger partial charge in [-0.1, -0.05) is 26.7 Å². The molecule has 0 heterocycles. The molecular formula is C17H25F2N. The van der Waals surface area contributed by atoms with Gasteiger partial charge in [-0.25, -0.2) is 8.78 Å². The molecule has 0 spiro atoms. The summed E-state index contributed by atoms with van der Waals surface area (Å²) in [5.74, 6) is 0.542. The predicted octanol–water partition coefficient (Wildman–Crippen LogP) is 4.44. The van der Waals surface area contributed by atoms with Gasteiger partial charge >= 0.3 is 0 Å². The highest BCUT2D eigenvalue weighted by molar-refractivity contribution is 5.21. The van der Waals surface area contributed by atoms with E-state index in [1.807, 2.05) is 0 Å². The minimum Gasteiger partial charge on any atom is -0.325 e. The second-order valence-corrected chi connectivity index (χ2v) is 6.87. The third-order valence-electron chi connectivity index (χ3n) is 4.34. The molecule has 2 atom stereocenters. The third kappa shape index (κ3) is 4.02. The Morgan fingerprint density at radius 3 is 2.80 bits per heavy atom. The van der Waals surface area contributed by atoms with Crippen LogP contribution in [0.1, 0.15) is 51.5 Å². The molecule has 0 aromatic heterocycles. The largest absolute Gasteiger partial charge is 0.325 e. The van der Waals surface area contributed by atoms with Crippen LogP contribution in [0.3, 0.4) is 0 Å². The van der Waals surface area contributed by atoms with E-state index in [4.69, 9.17) is 5.73 Å². The van der Waals surface area contributed by atoms with Gasteiger partial charge in [-0.05, 0) is 61.3 Å². The zero-order valence-corrected chi connectivity index (χ0v) is 12.5. The van der Waals surface area contributed by atoms with Crippen LogP contribution in [0.15, 0.2) is 18.2 Å². The molecule has 3 heteroatoms. The maximum absolute atomic E-state index is 13.8. The van der Waals surface area contributed by atoms with Gasteiger partial charge in [-0.2, -0.15) is 0 Å². The molecule has 1 aliphatic carbocycles. The Morgan fingerprint density at radius 1 is 1.35 bits per heavy atom. The highest BCUT2D eigenvalue weighted by Crippen LogP contribution is 2.36. The summed E-state index contributed by atoms with van der Waals surface area (Å²) < 4.78 is 27.0. The molecule has 1 aromatic rings. The van der Waals surface area contributed by atoms with Gasteiger partial charge in [0.05, 0.1) is 0 Å². The van der Waals surface area contributed by atoms with Crippen molar-refractivity contribution in [2.24, 2.45) is 17.6 Å². The van der Waals surface area contributed by atoms with Crippen LogP contribution in [-0.2, 0) is 6.42 Å². The highest BCUT2D eigenvalue weighted by Gasteiger charge is 2.33. The van der Waals surface area contributed by atoms with E-state index in [2.05, 4.69) is 13.8 Å². The molecule has 1 aromatic carbocycles. The lowest BCUT2D eigenvalue weighted by Gasteiger charge is -2.39. The van der Waals surface area contributed by atoms with Gasteiger partial charge in [-0.15, -0.1) is 0 Å². The number of hydrogen-bond acceptors (Lipinski definition) is 1. The SMILES string of the molecule is CC(C)CC1CCCC(N)(Cc2cc(F)ccc2F)C1. The summed E-state index contributed by atoms with van der Waals surface area (Å²) in [6.45, 7) is 4.44. The average molecular weight is 281 g/mol. The smallest absolute Gasteiger partial charge is 0.126 e. The van der Waals surface area contributed by atoms with Gasteiger partial charge in [0.25, 0.3) is 0 Å². The Kier molecular flexibility index (Phi) is 4.79. The van der Waals surface area contributed by atoms with Crippen LogP contribution >= 0.6 is 0 Å². The zero-order chi connectivity index (χ0) is 14.8. The van der Waals surface area contributed by atoms with Gasteiger partial charge in [0.2, 0.25) is 0 Å². The van der Waals surface area contributed by atoms with E-state index in [9.17, 15) is 8.78 Å². The monoisotopic (exact) mass is 281 g/mol. The molecule has 0 aliphatic heterocycles. The van der Waals surface area contributed by atoms with Crippen LogP contribution in [-0.4, -0.2) is 5.54 Å². The van der Waals surface area contributed by atoms with Crippen molar-refractivity contribution in [3.05, 3.63) is 35.4 Å². The molecular weight excluding hydrogens is 256 g/mol. The number of benzene rings is 1. The second-order valence-electron chi connectivity index (χ2n) is 6.87. The summed E-state index contributed by atoms with van der Waals surface area (Å²) in [6, 6.07) is 3.64. The zero-order valence-electron chi connectivity index (χ0n) is 12.5. The van der Waals surface area contributed by atoms with Crippen molar-refractivity contribution < 1.29 is 8.78 Å². The number of rotatable bonds is 4. The van der Waals surface area contributed by atoms with E-state index in [0.29, 0.717) is 23.8 Å². The van der Waals surface area contributed by atoms with Crippen LogP contribution in [0, 0.1) is 23.5 Å². The van der Waals surface area contributed by atoms with Crippen molar-refractivity contribution in [2.75, 3.05) is 0 Å². The summed E-state index contributed by atoms with van der Waals surface area (Å²) in [4.78, 5) is 0. The first-order valence-corrected chi connectivity index (χ1v) is 7.61. The van der Waals surface area contributed by atoms with Crippen molar-refractivity contribution >= 4 is 0 Å². The quantitative estimate of drug-likeness (QED) is 0.867. The summed E-state index contributed by atoms with van der Waals surface area (Å²) in [5.41, 5.74) is 6.52. The summed E-state index contributed by atoms with van der Waals surface area (Å²) in [6.07, 6.45) is 5.72. The van der Waals surface area contributed by atoms with Gasteiger partial charge < -0.3 is 5.73 Å². The van der Waals surface area contributed by atoms with E-state index in [0.717, 1.165) is 25.3 Å². The number of nitrogens with two attached hydrogens (primary N) is 1. The molecule has 1 fully saturated rings. The summed E-state index contributed by atoms with van der Waals surface area (Å²) in [7, 11) is 0. The second kappa shape index (κ2) is 6.21. The highest BCUT2D eigenvalue weighted by atomic mass is 19.1. The topological polar surface area (TPSA) is 26.0 Å². The molecule has 0 amide bonds. The fraction of sp³-hybridized carbons (Fsp3) is 0.647. The molecule has 20 heavy (non-hydrogen) atoms. The normalized spacial score (nSPS) is 27.0. The first-order chi connectivity index (χ1) is 9.38. The fourth-order valence-electron chi connectivity index (χ4n) is 3.61. The maximum Gasteiger partial charge on any atom is 0.126 e. The summed E-state index contributed by atoms with van der Waals surface area (Å²) in [5, 5.41) is 0. The maximum atomic E-state index is 13.8. The van der Waals surface area contributed by atoms with E-state index in [1.54, 1.807) is 0 Å². The van der Waals surface area contributed by atoms with Gasteiger partial charge in [0.1, 0.15) is 11.6 Å². The molecule has 0 saturated heterocycles. The van der Waals surface area contributed by atoms with Crippen molar-refractivity contribution in [1.29, 1.82) is 0 Å². The number of hydrogen-bond donors (Lipinski definition) is 1. The molecule has 1 saturated carbocycles. The lowest BCUT2D eigenvalue weighted by Crippen LogP contribution is -2.46. The molecule has 112 valence electrons. The van der Waals surface area contributed by atoms with Crippen molar-refractivity contribution in [3.8, 4) is 0 Å². The first kappa shape index (κ1) is 15.4. The van der Waals surface area contributed by atoms with E-state index < -0.39 is 0 Å². The van der Waals surface area contributed by atoms with Crippen LogP contribution < -0.4 is 5.73 Å². The molecule has 2 rings (SSSR count). The Balaban J connectivity index is 2.08. The molecule has 1 aliphatic rings. The predicted molar refractivity (Wildman–Crippen MR) is 78.4 cm³/mol. The summed E-state index contributed by atoms with van der Waals surface area (Å²) >= 11 is 0. The molecule has 2 unspecified atom stereocenters. The van der Waals surface area contributed by atoms with E-state index in [1.165, 1.54) is 25.0 Å². The fourth-order valence-corrected chi connectivity index (χ4v) is 3.61. The molecule has 0 bridgehead atoms. The standard InChI is InChI=1S/C17H25F2N/c1-12(2)8-13-4-3-7-17(20,10-13)11-14-9-15(18)5-6-16(14)19/h5-6,9,12-13H,3-4,7-8,10-11,20H2,1-2H3. The van der Waals surface area contributed by atoms with Gasteiger partial charge in [0.15, 0.2) is 0 Å². The molecule has 1 nitrogen and oxygen atoms in total. The van der Waals surface area contributed by atoms with E-state index >= 15 is 0 Å². The Hall–Kier alpha value is -0.960. The lowest BCUT2D eigenvalue weighted by molar-refractivity contribution is 0.199. The average Bonchev–Trinajstić information content (AvgIpc) is 2.32. The van der Waals surface area contributed by atoms with Crippen molar-refractivity contribution in [2.45, 2.75) is 57.9 Å². The Labute approximate surface area is 120 Å².